The zero-order valence-electron chi connectivity index (χ0n) is 9.60. The summed E-state index contributed by atoms with van der Waals surface area (Å²) in [6.45, 7) is 1.84. The van der Waals surface area contributed by atoms with Crippen LogP contribution in [0, 0.1) is 0 Å². The van der Waals surface area contributed by atoms with E-state index in [0.717, 1.165) is 0 Å². The van der Waals surface area contributed by atoms with Crippen molar-refractivity contribution in [2.45, 2.75) is 25.9 Å². The van der Waals surface area contributed by atoms with E-state index in [1.54, 1.807) is 6.92 Å². The molecule has 0 saturated carbocycles. The van der Waals surface area contributed by atoms with E-state index < -0.39 is 18.0 Å². The number of hydrogen-bond donors (Lipinski definition) is 1. The molecule has 0 radical (unpaired) electrons. The van der Waals surface area contributed by atoms with Crippen LogP contribution in [-0.2, 0) is 23.8 Å². The molecule has 0 saturated heterocycles. The Labute approximate surface area is 94.5 Å². The van der Waals surface area contributed by atoms with Gasteiger partial charge in [0.25, 0.3) is 0 Å². The molecule has 0 aromatic heterocycles. The van der Waals surface area contributed by atoms with E-state index in [0.29, 0.717) is 6.61 Å². The van der Waals surface area contributed by atoms with Gasteiger partial charge in [-0.2, -0.15) is 0 Å². The van der Waals surface area contributed by atoms with E-state index in [4.69, 9.17) is 14.6 Å². The molecular weight excluding hydrogens is 216 g/mol. The summed E-state index contributed by atoms with van der Waals surface area (Å²) >= 11 is 0. The van der Waals surface area contributed by atoms with Crippen molar-refractivity contribution in [3.05, 3.63) is 0 Å². The quantitative estimate of drug-likeness (QED) is 0.466. The highest BCUT2D eigenvalue weighted by molar-refractivity contribution is 5.77. The lowest BCUT2D eigenvalue weighted by Gasteiger charge is -2.09. The Kier molecular flexibility index (Phi) is 8.46. The van der Waals surface area contributed by atoms with E-state index >= 15 is 0 Å². The highest BCUT2D eigenvalue weighted by atomic mass is 16.6. The van der Waals surface area contributed by atoms with Crippen LogP contribution in [-0.4, -0.2) is 50.1 Å². The van der Waals surface area contributed by atoms with Gasteiger partial charge in [-0.15, -0.1) is 0 Å². The molecule has 0 aromatic rings. The van der Waals surface area contributed by atoms with Crippen LogP contribution in [0.15, 0.2) is 0 Å². The van der Waals surface area contributed by atoms with Crippen LogP contribution in [0.4, 0.5) is 0 Å². The highest BCUT2D eigenvalue weighted by Gasteiger charge is 2.11. The Morgan fingerprint density at radius 3 is 2.38 bits per heavy atom. The van der Waals surface area contributed by atoms with Crippen LogP contribution in [0.1, 0.15) is 19.8 Å². The minimum absolute atomic E-state index is 0.0271. The summed E-state index contributed by atoms with van der Waals surface area (Å²) in [4.78, 5) is 22.1. The fourth-order valence-electron chi connectivity index (χ4n) is 0.836. The summed E-state index contributed by atoms with van der Waals surface area (Å²) in [7, 11) is 1.50. The number of rotatable bonds is 8. The topological polar surface area (TPSA) is 82.1 Å². The lowest BCUT2D eigenvalue weighted by molar-refractivity contribution is -0.154. The average molecular weight is 234 g/mol. The maximum Gasteiger partial charge on any atom is 0.306 e. The fourth-order valence-corrected chi connectivity index (χ4v) is 0.836. The van der Waals surface area contributed by atoms with Crippen molar-refractivity contribution >= 4 is 11.9 Å². The molecule has 1 unspecified atom stereocenters. The predicted molar refractivity (Wildman–Crippen MR) is 54.7 cm³/mol. The van der Waals surface area contributed by atoms with Gasteiger partial charge in [0, 0.05) is 7.11 Å². The van der Waals surface area contributed by atoms with E-state index in [9.17, 15) is 9.59 Å². The van der Waals surface area contributed by atoms with Crippen molar-refractivity contribution in [2.24, 2.45) is 0 Å². The first-order valence-electron chi connectivity index (χ1n) is 5.05. The molecule has 94 valence electrons. The number of aliphatic hydroxyl groups is 1. The van der Waals surface area contributed by atoms with E-state index in [-0.39, 0.29) is 26.1 Å². The molecule has 0 spiro atoms. The number of aliphatic hydroxyl groups excluding tert-OH is 1. The third-order valence-electron chi connectivity index (χ3n) is 1.67. The van der Waals surface area contributed by atoms with Crippen molar-refractivity contribution in [1.29, 1.82) is 0 Å². The van der Waals surface area contributed by atoms with Crippen molar-refractivity contribution in [2.75, 3.05) is 26.9 Å². The number of methoxy groups -OCH3 is 1. The van der Waals surface area contributed by atoms with E-state index in [1.165, 1.54) is 7.11 Å². The van der Waals surface area contributed by atoms with Gasteiger partial charge in [-0.3, -0.25) is 9.59 Å². The minimum atomic E-state index is -0.544. The third-order valence-corrected chi connectivity index (χ3v) is 1.67. The van der Waals surface area contributed by atoms with Gasteiger partial charge in [0.1, 0.15) is 12.7 Å². The van der Waals surface area contributed by atoms with Gasteiger partial charge in [-0.25, -0.2) is 0 Å². The lowest BCUT2D eigenvalue weighted by atomic mass is 10.3. The fraction of sp³-hybridized carbons (Fsp3) is 0.800. The Hall–Kier alpha value is -1.14. The third kappa shape index (κ3) is 8.19. The summed E-state index contributed by atoms with van der Waals surface area (Å²) in [6.07, 6.45) is -0.617. The molecule has 1 N–H and O–H groups in total. The van der Waals surface area contributed by atoms with Gasteiger partial charge in [-0.05, 0) is 6.92 Å². The van der Waals surface area contributed by atoms with Gasteiger partial charge >= 0.3 is 11.9 Å². The van der Waals surface area contributed by atoms with Crippen molar-refractivity contribution in [3.8, 4) is 0 Å². The standard InChI is InChI=1S/C10H18O6/c1-8(7-11)16-10(13)4-3-9(12)15-6-5-14-2/h8,11H,3-7H2,1-2H3. The largest absolute Gasteiger partial charge is 0.463 e. The van der Waals surface area contributed by atoms with Gasteiger partial charge in [0.2, 0.25) is 0 Å². The molecule has 6 heteroatoms. The van der Waals surface area contributed by atoms with E-state index in [1.807, 2.05) is 0 Å². The van der Waals surface area contributed by atoms with Crippen LogP contribution in [0.5, 0.6) is 0 Å². The normalized spacial score (nSPS) is 11.9. The molecule has 0 rings (SSSR count). The van der Waals surface area contributed by atoms with Crippen LogP contribution in [0.25, 0.3) is 0 Å². The van der Waals surface area contributed by atoms with Gasteiger partial charge < -0.3 is 19.3 Å². The molecule has 0 amide bonds. The SMILES string of the molecule is COCCOC(=O)CCC(=O)OC(C)CO. The van der Waals surface area contributed by atoms with Crippen molar-refractivity contribution in [3.63, 3.8) is 0 Å². The van der Waals surface area contributed by atoms with Crippen LogP contribution < -0.4 is 0 Å². The second-order valence-electron chi connectivity index (χ2n) is 3.20. The molecule has 0 fully saturated rings. The molecular formula is C10H18O6. The first-order chi connectivity index (χ1) is 7.60. The maximum atomic E-state index is 11.1. The number of hydrogen-bond acceptors (Lipinski definition) is 6. The minimum Gasteiger partial charge on any atom is -0.463 e. The zero-order chi connectivity index (χ0) is 12.4. The Bertz CT molecular complexity index is 215. The van der Waals surface area contributed by atoms with Gasteiger partial charge in [0.15, 0.2) is 0 Å². The van der Waals surface area contributed by atoms with Crippen molar-refractivity contribution in [1.82, 2.24) is 0 Å². The maximum absolute atomic E-state index is 11.1. The molecule has 1 atom stereocenters. The second kappa shape index (κ2) is 9.11. The molecule has 16 heavy (non-hydrogen) atoms. The number of esters is 2. The molecule has 0 aliphatic heterocycles. The summed E-state index contributed by atoms with van der Waals surface area (Å²) in [6, 6.07) is 0. The zero-order valence-corrected chi connectivity index (χ0v) is 9.60. The molecule has 0 bridgehead atoms. The lowest BCUT2D eigenvalue weighted by Crippen LogP contribution is -2.19. The average Bonchev–Trinajstić information content (AvgIpc) is 2.26. The molecule has 0 aliphatic carbocycles. The van der Waals surface area contributed by atoms with E-state index in [2.05, 4.69) is 4.74 Å². The molecule has 0 aromatic carbocycles. The second-order valence-corrected chi connectivity index (χ2v) is 3.20. The molecule has 0 heterocycles. The smallest absolute Gasteiger partial charge is 0.306 e. The van der Waals surface area contributed by atoms with Crippen LogP contribution >= 0.6 is 0 Å². The van der Waals surface area contributed by atoms with Gasteiger partial charge in [-0.1, -0.05) is 0 Å². The van der Waals surface area contributed by atoms with Gasteiger partial charge in [0.05, 0.1) is 26.1 Å². The summed E-state index contributed by atoms with van der Waals surface area (Å²) in [5.41, 5.74) is 0. The first kappa shape index (κ1) is 14.9. The van der Waals surface area contributed by atoms with Crippen LogP contribution in [0.3, 0.4) is 0 Å². The summed E-state index contributed by atoms with van der Waals surface area (Å²) in [5.74, 6) is -0.990. The summed E-state index contributed by atoms with van der Waals surface area (Å²) < 4.78 is 14.2. The number of carbonyl (C=O) groups excluding carboxylic acids is 2. The Morgan fingerprint density at radius 2 is 1.81 bits per heavy atom. The predicted octanol–water partition coefficient (Wildman–Crippen LogP) is -0.120. The highest BCUT2D eigenvalue weighted by Crippen LogP contribution is 1.99. The molecule has 6 nitrogen and oxygen atoms in total. The number of carbonyl (C=O) groups is 2. The number of ether oxygens (including phenoxy) is 3. The van der Waals surface area contributed by atoms with Crippen molar-refractivity contribution < 1.29 is 28.9 Å². The Morgan fingerprint density at radius 1 is 1.19 bits per heavy atom. The first-order valence-corrected chi connectivity index (χ1v) is 5.05. The summed E-state index contributed by atoms with van der Waals surface area (Å²) in [5, 5.41) is 8.62. The monoisotopic (exact) mass is 234 g/mol. The Balaban J connectivity index is 3.55. The molecule has 0 aliphatic rings. The van der Waals surface area contributed by atoms with Crippen LogP contribution in [0.2, 0.25) is 0 Å².